The molecule has 1 aromatic carbocycles. The summed E-state index contributed by atoms with van der Waals surface area (Å²) in [6.45, 7) is 6.34. The molecule has 2 aromatic rings. The van der Waals surface area contributed by atoms with E-state index in [-0.39, 0.29) is 0 Å². The van der Waals surface area contributed by atoms with Crippen molar-refractivity contribution in [3.8, 4) is 11.3 Å². The summed E-state index contributed by atoms with van der Waals surface area (Å²) < 4.78 is 0. The lowest BCUT2D eigenvalue weighted by Gasteiger charge is -2.09. The number of benzene rings is 1. The fourth-order valence-electron chi connectivity index (χ4n) is 1.79. The van der Waals surface area contributed by atoms with Gasteiger partial charge in [0.15, 0.2) is 0 Å². The van der Waals surface area contributed by atoms with E-state index in [1.54, 1.807) is 6.07 Å². The van der Waals surface area contributed by atoms with Gasteiger partial charge in [-0.05, 0) is 55.7 Å². The van der Waals surface area contributed by atoms with Crippen LogP contribution in [-0.4, -0.2) is 4.98 Å². The van der Waals surface area contributed by atoms with Crippen molar-refractivity contribution in [3.05, 3.63) is 52.2 Å². The van der Waals surface area contributed by atoms with Gasteiger partial charge in [-0.2, -0.15) is 0 Å². The number of aryl methyl sites for hydroxylation is 3. The second-order valence-electron chi connectivity index (χ2n) is 4.10. The smallest absolute Gasteiger partial charge is 0.129 e. The Hall–Kier alpha value is -1.34. The Morgan fingerprint density at radius 1 is 0.938 bits per heavy atom. The van der Waals surface area contributed by atoms with Crippen LogP contribution in [-0.2, 0) is 0 Å². The molecule has 0 bridgehead atoms. The average molecular weight is 232 g/mol. The number of aromatic nitrogens is 1. The van der Waals surface area contributed by atoms with Crippen LogP contribution in [0.5, 0.6) is 0 Å². The van der Waals surface area contributed by atoms with Crippen LogP contribution < -0.4 is 0 Å². The topological polar surface area (TPSA) is 12.9 Å². The number of halogens is 1. The molecule has 0 aliphatic heterocycles. The summed E-state index contributed by atoms with van der Waals surface area (Å²) in [4.78, 5) is 4.34. The molecule has 0 atom stereocenters. The fourth-order valence-corrected chi connectivity index (χ4v) is 1.96. The molecule has 0 spiro atoms. The van der Waals surface area contributed by atoms with Crippen molar-refractivity contribution in [2.24, 2.45) is 0 Å². The van der Waals surface area contributed by atoms with E-state index in [9.17, 15) is 0 Å². The van der Waals surface area contributed by atoms with Gasteiger partial charge in [0.1, 0.15) is 5.15 Å². The van der Waals surface area contributed by atoms with E-state index >= 15 is 0 Å². The van der Waals surface area contributed by atoms with Gasteiger partial charge in [0.25, 0.3) is 0 Å². The Kier molecular flexibility index (Phi) is 2.97. The number of hydrogen-bond donors (Lipinski definition) is 0. The molecule has 0 radical (unpaired) electrons. The SMILES string of the molecule is Cc1cc(C)c(-c2cccc(Cl)n2)cc1C. The Balaban J connectivity index is 2.60. The molecule has 16 heavy (non-hydrogen) atoms. The highest BCUT2D eigenvalue weighted by atomic mass is 35.5. The largest absolute Gasteiger partial charge is 0.236 e. The lowest BCUT2D eigenvalue weighted by molar-refractivity contribution is 1.26. The molecule has 2 heteroatoms. The van der Waals surface area contributed by atoms with E-state index in [2.05, 4.69) is 37.9 Å². The van der Waals surface area contributed by atoms with Gasteiger partial charge in [-0.1, -0.05) is 23.7 Å². The van der Waals surface area contributed by atoms with Crippen LogP contribution >= 0.6 is 11.6 Å². The van der Waals surface area contributed by atoms with Gasteiger partial charge in [0.2, 0.25) is 0 Å². The van der Waals surface area contributed by atoms with Crippen molar-refractivity contribution in [1.82, 2.24) is 4.98 Å². The van der Waals surface area contributed by atoms with Crippen molar-refractivity contribution >= 4 is 11.6 Å². The average Bonchev–Trinajstić information content (AvgIpc) is 2.23. The highest BCUT2D eigenvalue weighted by Crippen LogP contribution is 2.25. The quantitative estimate of drug-likeness (QED) is 0.666. The van der Waals surface area contributed by atoms with E-state index < -0.39 is 0 Å². The predicted octanol–water partition coefficient (Wildman–Crippen LogP) is 4.33. The van der Waals surface area contributed by atoms with Gasteiger partial charge in [0.05, 0.1) is 5.69 Å². The third kappa shape index (κ3) is 2.10. The fraction of sp³-hybridized carbons (Fsp3) is 0.214. The molecule has 0 N–H and O–H groups in total. The molecule has 1 nitrogen and oxygen atoms in total. The van der Waals surface area contributed by atoms with Crippen molar-refractivity contribution in [2.45, 2.75) is 20.8 Å². The van der Waals surface area contributed by atoms with Gasteiger partial charge >= 0.3 is 0 Å². The molecule has 0 aliphatic rings. The van der Waals surface area contributed by atoms with Gasteiger partial charge in [-0.15, -0.1) is 0 Å². The van der Waals surface area contributed by atoms with Gasteiger partial charge in [-0.3, -0.25) is 0 Å². The minimum atomic E-state index is 0.537. The zero-order chi connectivity index (χ0) is 11.7. The highest BCUT2D eigenvalue weighted by molar-refractivity contribution is 6.29. The van der Waals surface area contributed by atoms with Crippen LogP contribution in [0.15, 0.2) is 30.3 Å². The van der Waals surface area contributed by atoms with E-state index in [1.807, 2.05) is 12.1 Å². The normalized spacial score (nSPS) is 10.5. The first kappa shape index (κ1) is 11.2. The zero-order valence-electron chi connectivity index (χ0n) is 9.71. The molecule has 0 saturated heterocycles. The highest BCUT2D eigenvalue weighted by Gasteiger charge is 2.05. The molecular weight excluding hydrogens is 218 g/mol. The maximum absolute atomic E-state index is 5.91. The number of hydrogen-bond acceptors (Lipinski definition) is 1. The minimum Gasteiger partial charge on any atom is -0.236 e. The maximum Gasteiger partial charge on any atom is 0.129 e. The van der Waals surface area contributed by atoms with E-state index in [1.165, 1.54) is 16.7 Å². The van der Waals surface area contributed by atoms with Crippen molar-refractivity contribution < 1.29 is 0 Å². The first-order valence-electron chi connectivity index (χ1n) is 5.28. The summed E-state index contributed by atoms with van der Waals surface area (Å²) in [5, 5.41) is 0.537. The molecule has 2 rings (SSSR count). The summed E-state index contributed by atoms with van der Waals surface area (Å²) in [6.07, 6.45) is 0. The van der Waals surface area contributed by atoms with Gasteiger partial charge in [-0.25, -0.2) is 4.98 Å². The van der Waals surface area contributed by atoms with E-state index in [0.29, 0.717) is 5.15 Å². The standard InChI is InChI=1S/C14H14ClN/c1-9-7-11(3)12(8-10(9)2)13-5-4-6-14(15)16-13/h4-8H,1-3H3. The van der Waals surface area contributed by atoms with E-state index in [4.69, 9.17) is 11.6 Å². The first-order valence-corrected chi connectivity index (χ1v) is 5.66. The Morgan fingerprint density at radius 3 is 2.31 bits per heavy atom. The minimum absolute atomic E-state index is 0.537. The lowest BCUT2D eigenvalue weighted by Crippen LogP contribution is -1.91. The van der Waals surface area contributed by atoms with E-state index in [0.717, 1.165) is 11.3 Å². The molecule has 82 valence electrons. The number of pyridine rings is 1. The summed E-state index contributed by atoms with van der Waals surface area (Å²) in [5.74, 6) is 0. The van der Waals surface area contributed by atoms with Crippen LogP contribution in [0.2, 0.25) is 5.15 Å². The molecule has 0 aliphatic carbocycles. The molecule has 0 saturated carbocycles. The Bertz CT molecular complexity index is 532. The third-order valence-electron chi connectivity index (χ3n) is 2.83. The van der Waals surface area contributed by atoms with Crippen molar-refractivity contribution in [1.29, 1.82) is 0 Å². The first-order chi connectivity index (χ1) is 7.58. The summed E-state index contributed by atoms with van der Waals surface area (Å²) >= 11 is 5.91. The van der Waals surface area contributed by atoms with Crippen LogP contribution in [0.1, 0.15) is 16.7 Å². The molecule has 0 fully saturated rings. The second kappa shape index (κ2) is 4.26. The molecule has 1 aromatic heterocycles. The third-order valence-corrected chi connectivity index (χ3v) is 3.04. The van der Waals surface area contributed by atoms with Gasteiger partial charge in [0, 0.05) is 5.56 Å². The molecule has 0 unspecified atom stereocenters. The number of nitrogens with zero attached hydrogens (tertiary/aromatic N) is 1. The second-order valence-corrected chi connectivity index (χ2v) is 4.48. The number of rotatable bonds is 1. The monoisotopic (exact) mass is 231 g/mol. The Labute approximate surface area is 101 Å². The lowest BCUT2D eigenvalue weighted by atomic mass is 9.98. The van der Waals surface area contributed by atoms with Crippen LogP contribution in [0.3, 0.4) is 0 Å². The van der Waals surface area contributed by atoms with Crippen LogP contribution in [0.4, 0.5) is 0 Å². The summed E-state index contributed by atoms with van der Waals surface area (Å²) in [5.41, 5.74) is 5.92. The van der Waals surface area contributed by atoms with Gasteiger partial charge < -0.3 is 0 Å². The van der Waals surface area contributed by atoms with Crippen molar-refractivity contribution in [2.75, 3.05) is 0 Å². The summed E-state index contributed by atoms with van der Waals surface area (Å²) in [7, 11) is 0. The Morgan fingerprint density at radius 2 is 1.62 bits per heavy atom. The molecule has 1 heterocycles. The van der Waals surface area contributed by atoms with Crippen LogP contribution in [0, 0.1) is 20.8 Å². The summed E-state index contributed by atoms with van der Waals surface area (Å²) in [6, 6.07) is 10.1. The predicted molar refractivity (Wildman–Crippen MR) is 68.9 cm³/mol. The molecular formula is C14H14ClN. The van der Waals surface area contributed by atoms with Crippen LogP contribution in [0.25, 0.3) is 11.3 Å². The molecule has 0 amide bonds. The zero-order valence-corrected chi connectivity index (χ0v) is 10.5. The maximum atomic E-state index is 5.91. The van der Waals surface area contributed by atoms with Crippen molar-refractivity contribution in [3.63, 3.8) is 0 Å².